The van der Waals surface area contributed by atoms with E-state index >= 15 is 0 Å². The highest BCUT2D eigenvalue weighted by Gasteiger charge is 2.37. The van der Waals surface area contributed by atoms with Crippen LogP contribution in [0.4, 0.5) is 37.9 Å². The van der Waals surface area contributed by atoms with Crippen LogP contribution in [0.5, 0.6) is 0 Å². The summed E-state index contributed by atoms with van der Waals surface area (Å²) in [4.78, 5) is 0. The quantitative estimate of drug-likeness (QED) is 0.381. The Morgan fingerprint density at radius 1 is 0.913 bits per heavy atom. The van der Waals surface area contributed by atoms with Gasteiger partial charge in [0.25, 0.3) is 0 Å². The molecule has 0 amide bonds. The number of anilines is 2. The van der Waals surface area contributed by atoms with Crippen LogP contribution in [-0.4, -0.2) is 0 Å². The van der Waals surface area contributed by atoms with Crippen molar-refractivity contribution in [1.29, 1.82) is 0 Å². The van der Waals surface area contributed by atoms with E-state index in [0.717, 1.165) is 0 Å². The number of halogens is 6. The fourth-order valence-corrected chi connectivity index (χ4v) is 2.39. The van der Waals surface area contributed by atoms with E-state index in [0.29, 0.717) is 0 Å². The minimum atomic E-state index is -2.17. The Morgan fingerprint density at radius 2 is 1.43 bits per heavy atom. The Hall–Kier alpha value is -2.38. The van der Waals surface area contributed by atoms with Gasteiger partial charge in [-0.1, -0.05) is 34.9 Å². The van der Waals surface area contributed by atoms with E-state index in [1.165, 1.54) is 38.1 Å². The SMILES string of the molecule is CC(C)(c1cccc(N)c1)c1c(F)c(F)c(N(F)F)c(F)c1F. The number of rotatable bonds is 3. The second kappa shape index (κ2) is 5.68. The van der Waals surface area contributed by atoms with Crippen molar-refractivity contribution in [1.82, 2.24) is 0 Å². The summed E-state index contributed by atoms with van der Waals surface area (Å²) in [7, 11) is 0. The molecule has 0 fully saturated rings. The first kappa shape index (κ1) is 17.0. The van der Waals surface area contributed by atoms with Gasteiger partial charge < -0.3 is 5.73 Å². The van der Waals surface area contributed by atoms with Crippen LogP contribution in [0.25, 0.3) is 0 Å². The van der Waals surface area contributed by atoms with Crippen molar-refractivity contribution in [3.05, 3.63) is 58.7 Å². The fourth-order valence-electron chi connectivity index (χ4n) is 2.39. The van der Waals surface area contributed by atoms with E-state index in [9.17, 15) is 26.5 Å². The first-order valence-electron chi connectivity index (χ1n) is 6.43. The van der Waals surface area contributed by atoms with Gasteiger partial charge in [0.15, 0.2) is 29.0 Å². The van der Waals surface area contributed by atoms with Gasteiger partial charge in [-0.05, 0) is 23.0 Å². The van der Waals surface area contributed by atoms with Gasteiger partial charge in [-0.2, -0.15) is 0 Å². The second-order valence-corrected chi connectivity index (χ2v) is 5.46. The van der Waals surface area contributed by atoms with E-state index < -0.39 is 45.3 Å². The molecule has 0 bridgehead atoms. The lowest BCUT2D eigenvalue weighted by Crippen LogP contribution is -2.25. The molecule has 23 heavy (non-hydrogen) atoms. The summed E-state index contributed by atoms with van der Waals surface area (Å²) < 4.78 is 80.8. The fraction of sp³-hybridized carbons (Fsp3) is 0.200. The monoisotopic (exact) mass is 334 g/mol. The van der Waals surface area contributed by atoms with Crippen LogP contribution in [0.3, 0.4) is 0 Å². The standard InChI is InChI=1S/C15H12F6N2/c1-15(2,7-4-3-5-8(22)6-7)9-10(16)12(18)14(23(20)21)13(19)11(9)17/h3-6H,22H2,1-2H3. The van der Waals surface area contributed by atoms with Gasteiger partial charge >= 0.3 is 0 Å². The van der Waals surface area contributed by atoms with Crippen LogP contribution in [0.1, 0.15) is 25.0 Å². The molecule has 2 nitrogen and oxygen atoms in total. The van der Waals surface area contributed by atoms with Crippen LogP contribution in [0.2, 0.25) is 0 Å². The van der Waals surface area contributed by atoms with E-state index in [-0.39, 0.29) is 11.3 Å². The highest BCUT2D eigenvalue weighted by atomic mass is 19.4. The van der Waals surface area contributed by atoms with E-state index in [1.54, 1.807) is 0 Å². The molecule has 0 aliphatic carbocycles. The van der Waals surface area contributed by atoms with Crippen LogP contribution in [0, 0.1) is 23.3 Å². The normalized spacial score (nSPS) is 11.7. The van der Waals surface area contributed by atoms with Gasteiger partial charge in [-0.25, -0.2) is 17.6 Å². The molecule has 0 saturated carbocycles. The van der Waals surface area contributed by atoms with Crippen molar-refractivity contribution in [2.24, 2.45) is 0 Å². The van der Waals surface area contributed by atoms with E-state index in [4.69, 9.17) is 5.73 Å². The predicted molar refractivity (Wildman–Crippen MR) is 74.0 cm³/mol. The third-order valence-electron chi connectivity index (χ3n) is 3.64. The largest absolute Gasteiger partial charge is 0.399 e. The lowest BCUT2D eigenvalue weighted by molar-refractivity contribution is 0.222. The van der Waals surface area contributed by atoms with Gasteiger partial charge in [0.2, 0.25) is 0 Å². The number of hydrogen-bond acceptors (Lipinski definition) is 2. The van der Waals surface area contributed by atoms with Gasteiger partial charge in [-0.15, -0.1) is 0 Å². The molecule has 0 radical (unpaired) electrons. The van der Waals surface area contributed by atoms with Gasteiger partial charge in [-0.3, -0.25) is 0 Å². The number of benzene rings is 2. The summed E-state index contributed by atoms with van der Waals surface area (Å²) in [5, 5.41) is -2.01. The maximum absolute atomic E-state index is 14.2. The Morgan fingerprint density at radius 3 is 1.87 bits per heavy atom. The number of nitrogen functional groups attached to an aromatic ring is 1. The molecular weight excluding hydrogens is 322 g/mol. The summed E-state index contributed by atoms with van der Waals surface area (Å²) in [5.41, 5.74) is 1.50. The third kappa shape index (κ3) is 2.69. The molecule has 2 rings (SSSR count). The van der Waals surface area contributed by atoms with Crippen LogP contribution in [-0.2, 0) is 5.41 Å². The zero-order valence-electron chi connectivity index (χ0n) is 12.1. The van der Waals surface area contributed by atoms with E-state index in [1.807, 2.05) is 0 Å². The summed E-state index contributed by atoms with van der Waals surface area (Å²) >= 11 is 0. The molecule has 8 heteroatoms. The zero-order valence-corrected chi connectivity index (χ0v) is 12.1. The maximum atomic E-state index is 14.2. The predicted octanol–water partition coefficient (Wildman–Crippen LogP) is 4.73. The summed E-state index contributed by atoms with van der Waals surface area (Å²) in [6, 6.07) is 5.84. The Balaban J connectivity index is 2.78. The molecule has 0 unspecified atom stereocenters. The summed E-state index contributed by atoms with van der Waals surface area (Å²) in [6.07, 6.45) is 0. The molecule has 0 atom stereocenters. The van der Waals surface area contributed by atoms with Crippen LogP contribution < -0.4 is 11.1 Å². The Labute approximate surface area is 128 Å². The minimum absolute atomic E-state index is 0.263. The first-order chi connectivity index (χ1) is 10.6. The first-order valence-corrected chi connectivity index (χ1v) is 6.43. The molecular formula is C15H12F6N2. The lowest BCUT2D eigenvalue weighted by Gasteiger charge is -2.28. The van der Waals surface area contributed by atoms with Gasteiger partial charge in [0, 0.05) is 16.7 Å². The summed E-state index contributed by atoms with van der Waals surface area (Å²) in [5.74, 6) is -8.10. The summed E-state index contributed by atoms with van der Waals surface area (Å²) in [6.45, 7) is 2.59. The molecule has 0 aliphatic rings. The van der Waals surface area contributed by atoms with Crippen molar-refractivity contribution in [3.8, 4) is 0 Å². The lowest BCUT2D eigenvalue weighted by atomic mass is 9.77. The Kier molecular flexibility index (Phi) is 4.19. The Bertz CT molecular complexity index is 729. The highest BCUT2D eigenvalue weighted by molar-refractivity contribution is 5.53. The van der Waals surface area contributed by atoms with Crippen molar-refractivity contribution in [2.45, 2.75) is 19.3 Å². The second-order valence-electron chi connectivity index (χ2n) is 5.46. The molecule has 2 N–H and O–H groups in total. The van der Waals surface area contributed by atoms with Gasteiger partial charge in [0.05, 0.1) is 0 Å². The molecule has 0 aromatic heterocycles. The molecule has 124 valence electrons. The van der Waals surface area contributed by atoms with Crippen LogP contribution in [0.15, 0.2) is 24.3 Å². The highest BCUT2D eigenvalue weighted by Crippen LogP contribution is 2.40. The van der Waals surface area contributed by atoms with Crippen molar-refractivity contribution in [3.63, 3.8) is 0 Å². The van der Waals surface area contributed by atoms with Crippen molar-refractivity contribution in [2.75, 3.05) is 11.1 Å². The number of hydrogen-bond donors (Lipinski definition) is 1. The van der Waals surface area contributed by atoms with Gasteiger partial charge in [0.1, 0.15) is 0 Å². The van der Waals surface area contributed by atoms with Crippen LogP contribution >= 0.6 is 0 Å². The maximum Gasteiger partial charge on any atom is 0.191 e. The van der Waals surface area contributed by atoms with Crippen molar-refractivity contribution < 1.29 is 26.5 Å². The molecule has 0 saturated heterocycles. The number of nitrogens with two attached hydrogens (primary N) is 1. The molecule has 2 aromatic rings. The molecule has 0 aliphatic heterocycles. The topological polar surface area (TPSA) is 29.3 Å². The molecule has 0 spiro atoms. The van der Waals surface area contributed by atoms with E-state index in [2.05, 4.69) is 0 Å². The average Bonchev–Trinajstić information content (AvgIpc) is 2.45. The number of nitrogens with zero attached hydrogens (tertiary/aromatic N) is 1. The minimum Gasteiger partial charge on any atom is -0.399 e. The average molecular weight is 334 g/mol. The third-order valence-corrected chi connectivity index (χ3v) is 3.64. The van der Waals surface area contributed by atoms with Crippen molar-refractivity contribution >= 4 is 11.4 Å². The molecule has 2 aromatic carbocycles. The smallest absolute Gasteiger partial charge is 0.191 e. The zero-order chi connectivity index (χ0) is 17.5. The molecule has 0 heterocycles.